The van der Waals surface area contributed by atoms with Crippen molar-refractivity contribution in [3.63, 3.8) is 0 Å². The van der Waals surface area contributed by atoms with Gasteiger partial charge in [0.2, 0.25) is 30.9 Å². The van der Waals surface area contributed by atoms with Gasteiger partial charge in [-0.25, -0.2) is 14.4 Å². The van der Waals surface area contributed by atoms with Gasteiger partial charge in [0.25, 0.3) is 0 Å². The molecule has 39 nitrogen and oxygen atoms in total. The molecule has 0 unspecified atom stereocenters. The molecule has 0 spiro atoms. The summed E-state index contributed by atoms with van der Waals surface area (Å²) in [5, 5.41) is 213. The van der Waals surface area contributed by atoms with Crippen LogP contribution in [-0.4, -0.2) is 276 Å². The quantitative estimate of drug-likeness (QED) is 0.00845. The Morgan fingerprint density at radius 3 is 1.19 bits per heavy atom. The lowest BCUT2D eigenvalue weighted by molar-refractivity contribution is -0.305. The van der Waals surface area contributed by atoms with E-state index in [0.717, 1.165) is 85.0 Å². The third-order valence-electron chi connectivity index (χ3n) is 16.8. The monoisotopic (exact) mass is 1520 g/mol. The van der Waals surface area contributed by atoms with Crippen LogP contribution in [0.2, 0.25) is 0 Å². The predicted octanol–water partition coefficient (Wildman–Crippen LogP) is -4.45. The van der Waals surface area contributed by atoms with Gasteiger partial charge in [0, 0.05) is 35.9 Å². The van der Waals surface area contributed by atoms with Gasteiger partial charge in [0.05, 0.1) is 18.0 Å². The number of carbonyl (C=O) groups is 5. The number of carboxylic acids is 1. The molecule has 108 heavy (non-hydrogen) atoms. The van der Waals surface area contributed by atoms with Crippen LogP contribution in [0.3, 0.4) is 0 Å². The number of rotatable bonds is 25. The Labute approximate surface area is 605 Å². The van der Waals surface area contributed by atoms with E-state index in [9.17, 15) is 131 Å². The van der Waals surface area contributed by atoms with Crippen molar-refractivity contribution in [1.82, 2.24) is 0 Å². The number of phenolic OH excluding ortho intramolecular Hbond substituents is 7. The summed E-state index contributed by atoms with van der Waals surface area (Å²) < 4.78 is 72.2. The molecule has 39 heteroatoms. The predicted molar refractivity (Wildman–Crippen MR) is 348 cm³/mol. The zero-order valence-electron chi connectivity index (χ0n) is 55.3. The van der Waals surface area contributed by atoms with Crippen LogP contribution in [0.4, 0.5) is 0 Å². The third kappa shape index (κ3) is 18.9. The molecule has 4 saturated heterocycles. The van der Waals surface area contributed by atoms with Crippen molar-refractivity contribution in [3.05, 3.63) is 130 Å². The number of aromatic hydroxyl groups is 7. The summed E-state index contributed by atoms with van der Waals surface area (Å²) in [6.45, 7) is -3.34. The fourth-order valence-electron chi connectivity index (χ4n) is 10.9. The maximum atomic E-state index is 14.1. The Bertz CT molecular complexity index is 4360. The van der Waals surface area contributed by atoms with Crippen molar-refractivity contribution in [1.29, 1.82) is 0 Å². The fourth-order valence-corrected chi connectivity index (χ4v) is 10.9. The topological polar surface area (TPSA) is 634 Å². The number of carboxylic acid groups (broad SMARTS) is 1. The minimum Gasteiger partial charge on any atom is -0.550 e. The molecule has 5 aliphatic heterocycles. The summed E-state index contributed by atoms with van der Waals surface area (Å²) in [6, 6.07) is 15.2. The Morgan fingerprint density at radius 2 is 0.778 bits per heavy atom. The lowest BCUT2D eigenvalue weighted by Crippen LogP contribution is -2.60. The van der Waals surface area contributed by atoms with Gasteiger partial charge in [0.1, 0.15) is 136 Å². The average Bonchev–Trinajstić information content (AvgIpc) is 0.764. The van der Waals surface area contributed by atoms with E-state index in [1.807, 2.05) is 0 Å². The molecule has 6 aliphatic rings. The average molecular weight is 1520 g/mol. The number of benzene rings is 5. The first-order valence-corrected chi connectivity index (χ1v) is 32.1. The number of fused-ring (bicyclic) bond motifs is 1. The van der Waals surface area contributed by atoms with E-state index in [0.29, 0.717) is 5.56 Å². The Balaban J connectivity index is 0.838. The number of hydrogen-bond acceptors (Lipinski definition) is 39. The van der Waals surface area contributed by atoms with Crippen molar-refractivity contribution in [2.75, 3.05) is 26.4 Å². The smallest absolute Gasteiger partial charge is 0.330 e. The van der Waals surface area contributed by atoms with Crippen molar-refractivity contribution in [3.8, 4) is 85.9 Å². The number of phenols is 7. The summed E-state index contributed by atoms with van der Waals surface area (Å²) in [7, 11) is 0. The summed E-state index contributed by atoms with van der Waals surface area (Å²) in [5.41, 5.74) is -1.26. The van der Waals surface area contributed by atoms with Crippen molar-refractivity contribution in [2.24, 2.45) is 0 Å². The first-order chi connectivity index (χ1) is 51.2. The van der Waals surface area contributed by atoms with E-state index in [1.165, 1.54) is 36.4 Å². The first-order valence-electron chi connectivity index (χ1n) is 32.1. The van der Waals surface area contributed by atoms with Gasteiger partial charge in [-0.2, -0.15) is 0 Å². The SMILES string of the molecule is O=C([O-])CC(=O)OC[C@H]1O[C@@H](Oc2cc3c(=O)cc(O[C@@H]4O[C@H](COC(=O)/C=C/c5ccc(O[C@@H]6O[C@H](COC(=O)/C=C/c7ccc(O)c(O)c7)[C@@H](O)[C@H](O)[C@H]6O)c(O)c5)[C@@H](O)[C@H](O)[C@H]4O)cc-3oc2-c2cc(O)c(O)c(O[C@@H]3O[C@H](COC(=O)/C=C/c4ccc(O)c(O)c4)[C@@H](O)[C@H](O)[C@H]3O)c2)[C@H](O)[C@@H](O)[C@@H]1O. The largest absolute Gasteiger partial charge is 0.550 e. The van der Waals surface area contributed by atoms with Crippen molar-refractivity contribution >= 4 is 48.1 Å². The highest BCUT2D eigenvalue weighted by molar-refractivity contribution is 5.90. The second kappa shape index (κ2) is 34.3. The van der Waals surface area contributed by atoms with E-state index < -0.39 is 271 Å². The summed E-state index contributed by atoms with van der Waals surface area (Å²) in [5.74, 6) is -14.5. The van der Waals surface area contributed by atoms with E-state index in [-0.39, 0.29) is 16.9 Å². The lowest BCUT2D eigenvalue weighted by atomic mass is 9.99. The summed E-state index contributed by atoms with van der Waals surface area (Å²) in [6.07, 6.45) is -34.3. The molecular formula is C69H69O39-. The Kier molecular flexibility index (Phi) is 25.3. The molecule has 0 aromatic heterocycles. The second-order valence-electron chi connectivity index (χ2n) is 24.5. The lowest BCUT2D eigenvalue weighted by Gasteiger charge is -2.40. The highest BCUT2D eigenvalue weighted by Crippen LogP contribution is 2.46. The number of ether oxygens (including phenoxy) is 12. The van der Waals surface area contributed by atoms with Crippen molar-refractivity contribution < 1.29 is 187 Å². The molecule has 4 aromatic rings. The number of aliphatic carboxylic acids is 1. The van der Waals surface area contributed by atoms with Crippen LogP contribution < -0.4 is 29.5 Å². The highest BCUT2D eigenvalue weighted by atomic mass is 16.7. The van der Waals surface area contributed by atoms with Gasteiger partial charge in [0.15, 0.2) is 62.9 Å². The first kappa shape index (κ1) is 79.6. The highest BCUT2D eigenvalue weighted by Gasteiger charge is 2.50. The minimum absolute atomic E-state index is 0.114. The van der Waals surface area contributed by atoms with Crippen LogP contribution in [0.1, 0.15) is 23.1 Å². The fraction of sp³-hybridized carbons (Fsp3) is 0.362. The molecule has 1 aliphatic carbocycles. The molecule has 0 amide bonds. The van der Waals surface area contributed by atoms with Gasteiger partial charge in [-0.1, -0.05) is 18.2 Å². The second-order valence-corrected chi connectivity index (χ2v) is 24.5. The molecule has 5 heterocycles. The molecule has 580 valence electrons. The number of hydrogen-bond donors (Lipinski definition) is 19. The van der Waals surface area contributed by atoms with E-state index >= 15 is 0 Å². The van der Waals surface area contributed by atoms with Gasteiger partial charge in [-0.15, -0.1) is 0 Å². The maximum absolute atomic E-state index is 14.1. The van der Waals surface area contributed by atoms with Crippen LogP contribution in [0.25, 0.3) is 40.9 Å². The molecule has 0 saturated carbocycles. The molecule has 0 radical (unpaired) electrons. The van der Waals surface area contributed by atoms with Crippen LogP contribution >= 0.6 is 0 Å². The Hall–Kier alpha value is -11.0. The molecule has 4 aromatic carbocycles. The van der Waals surface area contributed by atoms with Crippen LogP contribution in [0.5, 0.6) is 63.2 Å². The van der Waals surface area contributed by atoms with Crippen LogP contribution in [0, 0.1) is 0 Å². The number of aliphatic hydroxyl groups is 12. The number of carbonyl (C=O) groups excluding carboxylic acids is 5. The van der Waals surface area contributed by atoms with Gasteiger partial charge in [-0.3, -0.25) is 9.59 Å². The Morgan fingerprint density at radius 1 is 0.389 bits per heavy atom. The maximum Gasteiger partial charge on any atom is 0.330 e. The molecule has 4 fully saturated rings. The molecular weight excluding hydrogens is 1450 g/mol. The molecule has 19 N–H and O–H groups in total. The third-order valence-corrected chi connectivity index (χ3v) is 16.8. The van der Waals surface area contributed by atoms with E-state index in [1.54, 1.807) is 0 Å². The number of esters is 4. The van der Waals surface area contributed by atoms with E-state index in [4.69, 9.17) is 61.3 Å². The van der Waals surface area contributed by atoms with Gasteiger partial charge in [-0.05, 0) is 89.5 Å². The molecule has 10 rings (SSSR count). The summed E-state index contributed by atoms with van der Waals surface area (Å²) in [4.78, 5) is 75.4. The minimum atomic E-state index is -2.23. The van der Waals surface area contributed by atoms with Crippen molar-refractivity contribution in [2.45, 2.75) is 129 Å². The summed E-state index contributed by atoms with van der Waals surface area (Å²) >= 11 is 0. The standard InChI is InChI=1S/C69H70O39/c70-32-7-1-26(13-35(32)73)4-10-48(79)97-23-44-54(85)58(89)62(93)67(106-44)102-39-9-3-28(15-37(39)75)6-12-50(81)96-22-43-53(84)57(88)61(92)66(105-43)100-30-18-34(72)31-20-42(104-69-64(95)60(91)56(87)46(108-69)25-99-51(82)21-47(77)78)65(101-40(31)19-30)29-16-38(76)52(83)41(17-29)103-68-63(94)59(90)55(86)45(107-68)24-98-49(80)11-5-27-2-8-33(71)36(74)14-27/h1-20,43-46,53-64,66-71,73-76,83-95H,21-25H2,(H,77,78)/p-1/b10-4+,11-5+,12-6+/t43-,44-,45-,46-,53-,54-,55-,56-,57+,58+,59+,60+,61-,62-,63-,64-,66-,67-,68-,69-/m1/s1. The molecule has 0 bridgehead atoms. The van der Waals surface area contributed by atoms with Gasteiger partial charge >= 0.3 is 23.9 Å². The normalized spacial score (nSPS) is 28.6. The van der Waals surface area contributed by atoms with Crippen LogP contribution in [-0.2, 0) is 61.9 Å². The van der Waals surface area contributed by atoms with Crippen LogP contribution in [0.15, 0.2) is 112 Å². The van der Waals surface area contributed by atoms with Gasteiger partial charge < -0.3 is 168 Å². The zero-order valence-corrected chi connectivity index (χ0v) is 55.3. The number of aliphatic hydroxyl groups excluding tert-OH is 12. The van der Waals surface area contributed by atoms with E-state index in [2.05, 4.69) is 0 Å². The molecule has 20 atom stereocenters. The zero-order chi connectivity index (χ0) is 78.3.